The molecule has 0 spiro atoms. The molecule has 0 heterocycles. The fourth-order valence-corrected chi connectivity index (χ4v) is 7.72. The molecule has 4 rings (SSSR count). The van der Waals surface area contributed by atoms with Crippen molar-refractivity contribution in [2.75, 3.05) is 33.5 Å². The Kier molecular flexibility index (Phi) is 21.9. The van der Waals surface area contributed by atoms with Crippen molar-refractivity contribution in [1.29, 1.82) is 0 Å². The minimum Gasteiger partial charge on any atom is -0.466 e. The summed E-state index contributed by atoms with van der Waals surface area (Å²) in [6, 6.07) is 22.3. The van der Waals surface area contributed by atoms with Crippen molar-refractivity contribution in [3.8, 4) is 22.3 Å². The second kappa shape index (κ2) is 26.1. The molecule has 0 saturated heterocycles. The van der Waals surface area contributed by atoms with Crippen LogP contribution >= 0.6 is 23.2 Å². The van der Waals surface area contributed by atoms with E-state index in [1.165, 1.54) is 31.4 Å². The molecule has 2 amide bonds. The Balaban J connectivity index is 0.000000365. The Hall–Kier alpha value is -5.28. The molecule has 0 unspecified atom stereocenters. The van der Waals surface area contributed by atoms with E-state index in [9.17, 15) is 33.1 Å². The van der Waals surface area contributed by atoms with E-state index >= 15 is 0 Å². The maximum atomic E-state index is 14.3. The number of benzene rings is 4. The highest BCUT2D eigenvalue weighted by atomic mass is 35.5. The highest BCUT2D eigenvalue weighted by Crippen LogP contribution is 2.32. The number of nitrogens with one attached hydrogen (secondary N) is 2. The number of halogens is 4. The number of amides is 2. The van der Waals surface area contributed by atoms with Gasteiger partial charge in [-0.05, 0) is 154 Å². The van der Waals surface area contributed by atoms with Crippen LogP contribution in [-0.2, 0) is 46.1 Å². The largest absolute Gasteiger partial charge is 0.466 e. The van der Waals surface area contributed by atoms with Crippen molar-refractivity contribution >= 4 is 47.3 Å². The first-order chi connectivity index (χ1) is 32.2. The van der Waals surface area contributed by atoms with Crippen molar-refractivity contribution in [2.24, 2.45) is 10.8 Å². The highest BCUT2D eigenvalue weighted by molar-refractivity contribution is 6.31. The summed E-state index contributed by atoms with van der Waals surface area (Å²) in [5, 5.41) is 16.5. The fourth-order valence-electron chi connectivity index (χ4n) is 7.37. The molecule has 0 aliphatic rings. The zero-order chi connectivity index (χ0) is 51.7. The summed E-state index contributed by atoms with van der Waals surface area (Å²) in [6.45, 7) is 17.5. The maximum Gasteiger partial charge on any atom is 0.407 e. The van der Waals surface area contributed by atoms with Gasteiger partial charge in [0.1, 0.15) is 22.8 Å². The van der Waals surface area contributed by atoms with Crippen molar-refractivity contribution in [1.82, 2.24) is 10.6 Å². The zero-order valence-corrected chi connectivity index (χ0v) is 43.0. The first kappa shape index (κ1) is 58.0. The predicted octanol–water partition coefficient (Wildman–Crippen LogP) is 11.7. The molecule has 12 nitrogen and oxygen atoms in total. The average molecular weight is 1000 g/mol. The van der Waals surface area contributed by atoms with Crippen LogP contribution < -0.4 is 10.6 Å². The van der Waals surface area contributed by atoms with E-state index in [1.807, 2.05) is 24.3 Å². The number of aliphatic hydroxyl groups excluding tert-OH is 1. The van der Waals surface area contributed by atoms with Gasteiger partial charge in [0.25, 0.3) is 0 Å². The van der Waals surface area contributed by atoms with Crippen molar-refractivity contribution in [3.05, 3.63) is 118 Å². The lowest BCUT2D eigenvalue weighted by Crippen LogP contribution is -2.46. The number of rotatable bonds is 19. The molecule has 4 aromatic rings. The van der Waals surface area contributed by atoms with Gasteiger partial charge in [-0.15, -0.1) is 0 Å². The van der Waals surface area contributed by atoms with E-state index in [0.717, 1.165) is 11.1 Å². The van der Waals surface area contributed by atoms with Gasteiger partial charge in [0.05, 0.1) is 37.3 Å². The highest BCUT2D eigenvalue weighted by Gasteiger charge is 2.39. The summed E-state index contributed by atoms with van der Waals surface area (Å²) < 4.78 is 55.0. The van der Waals surface area contributed by atoms with Gasteiger partial charge in [0.2, 0.25) is 0 Å². The van der Waals surface area contributed by atoms with E-state index in [2.05, 4.69) is 10.6 Å². The number of aliphatic hydroxyl groups is 1. The summed E-state index contributed by atoms with van der Waals surface area (Å²) in [6.07, 6.45) is -0.0402. The molecule has 0 aromatic heterocycles. The van der Waals surface area contributed by atoms with Gasteiger partial charge in [0.15, 0.2) is 0 Å². The molecule has 0 aliphatic carbocycles. The van der Waals surface area contributed by atoms with Gasteiger partial charge < -0.3 is 39.4 Å². The predicted molar refractivity (Wildman–Crippen MR) is 265 cm³/mol. The maximum absolute atomic E-state index is 14.3. The van der Waals surface area contributed by atoms with Crippen molar-refractivity contribution in [3.63, 3.8) is 0 Å². The van der Waals surface area contributed by atoms with E-state index in [-0.39, 0.29) is 44.3 Å². The number of alkyl carbamates (subject to hydrolysis) is 2. The molecule has 69 heavy (non-hydrogen) atoms. The van der Waals surface area contributed by atoms with E-state index in [4.69, 9.17) is 46.9 Å². The lowest BCUT2D eigenvalue weighted by atomic mass is 9.82. The number of ether oxygens (including phenoxy) is 5. The minimum absolute atomic E-state index is 0.130. The van der Waals surface area contributed by atoms with Crippen LogP contribution in [0.25, 0.3) is 22.3 Å². The monoisotopic (exact) mass is 1000 g/mol. The molecule has 3 N–H and O–H groups in total. The Morgan fingerprint density at radius 1 is 0.594 bits per heavy atom. The molecular formula is C53H68Cl2F2N2O10. The van der Waals surface area contributed by atoms with Crippen LogP contribution in [0, 0.1) is 22.5 Å². The lowest BCUT2D eigenvalue weighted by molar-refractivity contribution is -0.159. The van der Waals surface area contributed by atoms with Crippen molar-refractivity contribution in [2.45, 2.75) is 118 Å². The van der Waals surface area contributed by atoms with E-state index in [1.54, 1.807) is 106 Å². The number of carbonyl (C=O) groups excluding carboxylic acids is 4. The molecular weight excluding hydrogens is 933 g/mol. The standard InChI is InChI=1S/C27H35ClFNO5.C26H33ClFNO5/c1-7-34-24(31)27(5,17-33-6)16-21(30-25(32)35-26(2,3)4)14-18-8-10-19(11-9-18)22-15-20(28)12-13-23(22)29;1-6-33-23(31)26(5,16-30)15-20(29-24(32)34-25(2,3)4)13-17-7-9-18(10-8-17)21-14-19(27)11-12-22(21)28/h8-13,15,21H,7,14,16-17H2,1-6H3,(H,30,32);7-12,14,20,30H,6,13,15-16H2,1-5H3,(H,29,32)/t21-,27+;20-,26+/m11/s1. The van der Waals surface area contributed by atoms with Crippen LogP contribution in [0.4, 0.5) is 18.4 Å². The molecule has 4 aromatic carbocycles. The molecule has 16 heteroatoms. The van der Waals surface area contributed by atoms with Crippen LogP contribution in [0.1, 0.15) is 93.2 Å². The van der Waals surface area contributed by atoms with Gasteiger partial charge in [0, 0.05) is 40.4 Å². The topological polar surface area (TPSA) is 159 Å². The molecule has 0 fully saturated rings. The number of hydrogen-bond acceptors (Lipinski definition) is 10. The van der Waals surface area contributed by atoms with Crippen LogP contribution in [0.2, 0.25) is 10.0 Å². The zero-order valence-electron chi connectivity index (χ0n) is 41.5. The van der Waals surface area contributed by atoms with Crippen LogP contribution in [0.15, 0.2) is 84.9 Å². The summed E-state index contributed by atoms with van der Waals surface area (Å²) in [4.78, 5) is 50.3. The van der Waals surface area contributed by atoms with Crippen LogP contribution in [-0.4, -0.2) is 86.1 Å². The molecule has 4 atom stereocenters. The van der Waals surface area contributed by atoms with Gasteiger partial charge in [-0.1, -0.05) is 71.7 Å². The fraction of sp³-hybridized carbons (Fsp3) is 0.472. The Labute approximate surface area is 415 Å². The first-order valence-electron chi connectivity index (χ1n) is 22.8. The summed E-state index contributed by atoms with van der Waals surface area (Å²) >= 11 is 12.0. The average Bonchev–Trinajstić information content (AvgIpc) is 3.25. The quantitative estimate of drug-likeness (QED) is 0.0610. The SMILES string of the molecule is CCOC(=O)[C@](C)(CO)C[C@@H](Cc1ccc(-c2cc(Cl)ccc2F)cc1)NC(=O)OC(C)(C)C.CCOC(=O)[C@](C)(COC)C[C@@H](Cc1ccc(-c2cc(Cl)ccc2F)cc1)NC(=O)OC(C)(C)C. The van der Waals surface area contributed by atoms with Gasteiger partial charge in [-0.3, -0.25) is 9.59 Å². The molecule has 0 bridgehead atoms. The number of methoxy groups -OCH3 is 1. The third-order valence-corrected chi connectivity index (χ3v) is 11.0. The first-order valence-corrected chi connectivity index (χ1v) is 23.5. The summed E-state index contributed by atoms with van der Waals surface area (Å²) in [5.74, 6) is -1.68. The van der Waals surface area contributed by atoms with E-state index in [0.29, 0.717) is 45.1 Å². The molecule has 0 aliphatic heterocycles. The van der Waals surface area contributed by atoms with Gasteiger partial charge in [-0.25, -0.2) is 18.4 Å². The van der Waals surface area contributed by atoms with E-state index < -0.39 is 64.8 Å². The molecule has 0 saturated carbocycles. The Morgan fingerprint density at radius 2 is 0.957 bits per heavy atom. The Morgan fingerprint density at radius 3 is 1.29 bits per heavy atom. The minimum atomic E-state index is -1.21. The summed E-state index contributed by atoms with van der Waals surface area (Å²) in [5.41, 5.74) is 0.312. The number of esters is 2. The molecule has 0 radical (unpaired) electrons. The Bertz CT molecular complexity index is 2320. The number of hydrogen-bond donors (Lipinski definition) is 3. The normalized spacial score (nSPS) is 14.1. The second-order valence-corrected chi connectivity index (χ2v) is 20.2. The van der Waals surface area contributed by atoms with Gasteiger partial charge in [-0.2, -0.15) is 0 Å². The molecule has 378 valence electrons. The smallest absolute Gasteiger partial charge is 0.407 e. The lowest BCUT2D eigenvalue weighted by Gasteiger charge is -2.31. The van der Waals surface area contributed by atoms with Crippen LogP contribution in [0.5, 0.6) is 0 Å². The van der Waals surface area contributed by atoms with Crippen LogP contribution in [0.3, 0.4) is 0 Å². The number of carbonyl (C=O) groups is 4. The third kappa shape index (κ3) is 19.2. The second-order valence-electron chi connectivity index (χ2n) is 19.3. The van der Waals surface area contributed by atoms with Crippen molar-refractivity contribution < 1.29 is 56.7 Å². The third-order valence-electron chi connectivity index (χ3n) is 10.5. The van der Waals surface area contributed by atoms with Gasteiger partial charge >= 0.3 is 24.1 Å². The summed E-state index contributed by atoms with van der Waals surface area (Å²) in [7, 11) is 1.52.